The quantitative estimate of drug-likeness (QED) is 0.559. The Bertz CT molecular complexity index is 245. The largest absolute Gasteiger partial charge is 0.359 e. The predicted octanol–water partition coefficient (Wildman–Crippen LogP) is 2.36. The molecule has 0 amide bonds. The van der Waals surface area contributed by atoms with Crippen molar-refractivity contribution in [2.24, 2.45) is 0 Å². The van der Waals surface area contributed by atoms with Gasteiger partial charge >= 0.3 is 0 Å². The third kappa shape index (κ3) is 0.991. The molecule has 2 heterocycles. The number of aromatic amines is 1. The first kappa shape index (κ1) is 5.78. The van der Waals surface area contributed by atoms with Crippen LogP contribution < -0.4 is 0 Å². The van der Waals surface area contributed by atoms with Gasteiger partial charge in [0.05, 0.1) is 0 Å². The smallest absolute Gasteiger partial charge is 0.0379 e. The Hall–Kier alpha value is -0.980. The number of hydrogen-bond donors (Lipinski definition) is 1. The molecule has 0 saturated carbocycles. The second-order valence-corrected chi connectivity index (χ2v) is 2.73. The lowest BCUT2D eigenvalue weighted by atomic mass is 10.2. The van der Waals surface area contributed by atoms with Crippen LogP contribution in [0.2, 0.25) is 0 Å². The maximum atomic E-state index is 3.33. The number of aryl methyl sites for hydroxylation is 1. The highest BCUT2D eigenvalue weighted by molar-refractivity contribution is 5.45. The van der Waals surface area contributed by atoms with Crippen LogP contribution in [0.15, 0.2) is 18.2 Å². The first-order valence-corrected chi connectivity index (χ1v) is 3.79. The number of hydrogen-bond acceptors (Lipinski definition) is 0. The Kier molecular flexibility index (Phi) is 1.35. The molecular formula is C9H11N. The van der Waals surface area contributed by atoms with Gasteiger partial charge in [-0.25, -0.2) is 0 Å². The molecule has 0 unspecified atom stereocenters. The lowest BCUT2D eigenvalue weighted by Gasteiger charge is -1.97. The molecule has 52 valence electrons. The van der Waals surface area contributed by atoms with Crippen LogP contribution >= 0.6 is 0 Å². The fourth-order valence-electron chi connectivity index (χ4n) is 1.32. The van der Waals surface area contributed by atoms with Crippen molar-refractivity contribution in [3.05, 3.63) is 29.6 Å². The average Bonchev–Trinajstić information content (AvgIpc) is 2.30. The third-order valence-electron chi connectivity index (χ3n) is 1.88. The van der Waals surface area contributed by atoms with E-state index in [-0.39, 0.29) is 0 Å². The number of rotatable bonds is 0. The van der Waals surface area contributed by atoms with Gasteiger partial charge in [-0.3, -0.25) is 0 Å². The van der Waals surface area contributed by atoms with Crippen molar-refractivity contribution in [3.8, 4) is 0 Å². The lowest BCUT2D eigenvalue weighted by molar-refractivity contribution is 0.820. The molecule has 2 bridgehead atoms. The van der Waals surface area contributed by atoms with Crippen LogP contribution in [0.1, 0.15) is 24.2 Å². The minimum Gasteiger partial charge on any atom is -0.359 e. The minimum absolute atomic E-state index is 1.20. The van der Waals surface area contributed by atoms with E-state index in [0.29, 0.717) is 0 Å². The van der Waals surface area contributed by atoms with Gasteiger partial charge in [0.15, 0.2) is 0 Å². The second-order valence-electron chi connectivity index (χ2n) is 2.73. The van der Waals surface area contributed by atoms with Crippen LogP contribution in [-0.2, 0) is 6.42 Å². The summed E-state index contributed by atoms with van der Waals surface area (Å²) in [5, 5.41) is 0. The van der Waals surface area contributed by atoms with Gasteiger partial charge in [0.25, 0.3) is 0 Å². The molecule has 1 heteroatoms. The van der Waals surface area contributed by atoms with Gasteiger partial charge in [-0.05, 0) is 37.5 Å². The lowest BCUT2D eigenvalue weighted by Crippen LogP contribution is -1.86. The van der Waals surface area contributed by atoms with Gasteiger partial charge in [0.1, 0.15) is 0 Å². The summed E-state index contributed by atoms with van der Waals surface area (Å²) in [6, 6.07) is 4.31. The van der Waals surface area contributed by atoms with Crippen LogP contribution in [0, 0.1) is 0 Å². The topological polar surface area (TPSA) is 15.8 Å². The molecule has 2 rings (SSSR count). The van der Waals surface area contributed by atoms with Gasteiger partial charge in [-0.2, -0.15) is 0 Å². The molecule has 1 N–H and O–H groups in total. The Morgan fingerprint density at radius 3 is 3.30 bits per heavy atom. The Labute approximate surface area is 60.8 Å². The van der Waals surface area contributed by atoms with E-state index in [4.69, 9.17) is 0 Å². The van der Waals surface area contributed by atoms with E-state index in [0.717, 1.165) is 0 Å². The number of aromatic nitrogens is 1. The van der Waals surface area contributed by atoms with E-state index < -0.39 is 0 Å². The number of H-pyrrole nitrogens is 1. The van der Waals surface area contributed by atoms with E-state index in [1.165, 1.54) is 30.7 Å². The zero-order chi connectivity index (χ0) is 6.81. The molecule has 1 aromatic rings. The van der Waals surface area contributed by atoms with Crippen molar-refractivity contribution < 1.29 is 0 Å². The zero-order valence-electron chi connectivity index (χ0n) is 5.93. The summed E-state index contributed by atoms with van der Waals surface area (Å²) < 4.78 is 0. The molecule has 0 atom stereocenters. The van der Waals surface area contributed by atoms with Crippen molar-refractivity contribution in [2.75, 3.05) is 0 Å². The Morgan fingerprint density at radius 2 is 2.30 bits per heavy atom. The van der Waals surface area contributed by atoms with E-state index in [9.17, 15) is 0 Å². The maximum absolute atomic E-state index is 3.33. The summed E-state index contributed by atoms with van der Waals surface area (Å²) in [6.45, 7) is 0. The van der Waals surface area contributed by atoms with E-state index in [2.05, 4.69) is 29.3 Å². The molecule has 1 aliphatic rings. The van der Waals surface area contributed by atoms with Gasteiger partial charge in [0.2, 0.25) is 0 Å². The van der Waals surface area contributed by atoms with E-state index in [1.54, 1.807) is 0 Å². The Morgan fingerprint density at radius 1 is 1.30 bits per heavy atom. The monoisotopic (exact) mass is 133 g/mol. The summed E-state index contributed by atoms with van der Waals surface area (Å²) in [6.07, 6.45) is 8.08. The zero-order valence-corrected chi connectivity index (χ0v) is 5.93. The summed E-state index contributed by atoms with van der Waals surface area (Å²) in [5.41, 5.74) is 2.62. The predicted molar refractivity (Wildman–Crippen MR) is 42.8 cm³/mol. The minimum atomic E-state index is 1.20. The van der Waals surface area contributed by atoms with Crippen LogP contribution in [0.5, 0.6) is 0 Å². The first-order valence-electron chi connectivity index (χ1n) is 3.79. The van der Waals surface area contributed by atoms with Gasteiger partial charge in [0, 0.05) is 11.4 Å². The molecule has 0 radical (unpaired) electrons. The van der Waals surface area contributed by atoms with Crippen LogP contribution in [0.25, 0.3) is 6.08 Å². The summed E-state index contributed by atoms with van der Waals surface area (Å²) in [4.78, 5) is 3.33. The van der Waals surface area contributed by atoms with Gasteiger partial charge in [-0.15, -0.1) is 0 Å². The van der Waals surface area contributed by atoms with Crippen LogP contribution in [0.3, 0.4) is 0 Å². The van der Waals surface area contributed by atoms with Gasteiger partial charge in [-0.1, -0.05) is 6.08 Å². The molecule has 1 aliphatic heterocycles. The van der Waals surface area contributed by atoms with Crippen molar-refractivity contribution in [1.82, 2.24) is 4.98 Å². The second kappa shape index (κ2) is 2.33. The van der Waals surface area contributed by atoms with Crippen molar-refractivity contribution in [2.45, 2.75) is 19.3 Å². The molecule has 0 spiro atoms. The molecular weight excluding hydrogens is 122 g/mol. The standard InChI is InChI=1S/C9H11N/c1-2-4-8-6-7-9(10-8)5-3-1/h2,4,6-7,10H,1,3,5H2/b4-2-. The average molecular weight is 133 g/mol. The van der Waals surface area contributed by atoms with E-state index in [1.807, 2.05) is 0 Å². The van der Waals surface area contributed by atoms with E-state index >= 15 is 0 Å². The number of allylic oxidation sites excluding steroid dienone is 1. The first-order chi connectivity index (χ1) is 4.95. The third-order valence-corrected chi connectivity index (χ3v) is 1.88. The van der Waals surface area contributed by atoms with Crippen LogP contribution in [0.4, 0.5) is 0 Å². The number of fused-ring (bicyclic) bond motifs is 2. The van der Waals surface area contributed by atoms with Crippen molar-refractivity contribution >= 4 is 6.08 Å². The summed E-state index contributed by atoms with van der Waals surface area (Å²) in [5.74, 6) is 0. The summed E-state index contributed by atoms with van der Waals surface area (Å²) in [7, 11) is 0. The normalized spacial score (nSPS) is 19.6. The molecule has 0 saturated heterocycles. The van der Waals surface area contributed by atoms with Crippen molar-refractivity contribution in [3.63, 3.8) is 0 Å². The molecule has 0 aliphatic carbocycles. The van der Waals surface area contributed by atoms with Gasteiger partial charge < -0.3 is 4.98 Å². The number of nitrogens with one attached hydrogen (secondary N) is 1. The van der Waals surface area contributed by atoms with Crippen molar-refractivity contribution in [1.29, 1.82) is 0 Å². The molecule has 0 aromatic carbocycles. The highest BCUT2D eigenvalue weighted by Crippen LogP contribution is 2.11. The summed E-state index contributed by atoms with van der Waals surface area (Å²) >= 11 is 0. The fourth-order valence-corrected chi connectivity index (χ4v) is 1.32. The highest BCUT2D eigenvalue weighted by Gasteiger charge is 1.97. The fraction of sp³-hybridized carbons (Fsp3) is 0.333. The molecule has 1 aromatic heterocycles. The SMILES string of the molecule is C1=C\c2ccc([nH]2)CCC/1. The maximum Gasteiger partial charge on any atom is 0.0379 e. The van der Waals surface area contributed by atoms with Crippen LogP contribution in [-0.4, -0.2) is 4.98 Å². The Balaban J connectivity index is 2.38. The highest BCUT2D eigenvalue weighted by atomic mass is 14.7. The molecule has 0 fully saturated rings. The molecule has 1 nitrogen and oxygen atoms in total. The molecule has 10 heavy (non-hydrogen) atoms.